The fraction of sp³-hybridized carbons (Fsp3) is 0.286. The summed E-state index contributed by atoms with van der Waals surface area (Å²) in [6.07, 6.45) is -2.64. The smallest absolute Gasteiger partial charge is 0.377 e. The highest BCUT2D eigenvalue weighted by Crippen LogP contribution is 2.31. The molecule has 0 unspecified atom stereocenters. The molecule has 0 atom stereocenters. The minimum atomic E-state index is -4.45. The van der Waals surface area contributed by atoms with Gasteiger partial charge in [0, 0.05) is 31.3 Å². The number of Topliss-reactive ketones (excluding diaryl/α,β-unsaturated/α-hetero) is 1. The second-order valence-electron chi connectivity index (χ2n) is 5.93. The number of hydrogen-bond acceptors (Lipinski definition) is 2. The molecule has 26 heavy (non-hydrogen) atoms. The Labute approximate surface area is 152 Å². The van der Waals surface area contributed by atoms with Crippen LogP contribution in [0.2, 0.25) is 0 Å². The van der Waals surface area contributed by atoms with Crippen LogP contribution in [0.4, 0.5) is 13.2 Å². The van der Waals surface area contributed by atoms with Gasteiger partial charge in [0.05, 0.1) is 5.56 Å². The first-order valence-corrected chi connectivity index (χ1v) is 8.55. The third-order valence-electron chi connectivity index (χ3n) is 4.13. The zero-order chi connectivity index (χ0) is 19.2. The Balaban J connectivity index is 2.43. The van der Waals surface area contributed by atoms with E-state index in [9.17, 15) is 18.0 Å². The molecule has 0 aliphatic rings. The van der Waals surface area contributed by atoms with Gasteiger partial charge in [-0.1, -0.05) is 42.5 Å². The number of carbonyl (C=O) groups excluding carboxylic acids is 1. The average Bonchev–Trinajstić information content (AvgIpc) is 2.63. The first-order chi connectivity index (χ1) is 12.3. The summed E-state index contributed by atoms with van der Waals surface area (Å²) in [6, 6.07) is 14.1. The molecule has 0 saturated heterocycles. The predicted octanol–water partition coefficient (Wildman–Crippen LogP) is 5.20. The first-order valence-electron chi connectivity index (χ1n) is 8.55. The van der Waals surface area contributed by atoms with Crippen LogP contribution in [0.1, 0.15) is 30.5 Å². The fourth-order valence-corrected chi connectivity index (χ4v) is 2.64. The lowest BCUT2D eigenvalue weighted by Gasteiger charge is -2.19. The number of halogens is 3. The zero-order valence-electron chi connectivity index (χ0n) is 14.9. The molecule has 0 heterocycles. The molecule has 0 aliphatic carbocycles. The summed E-state index contributed by atoms with van der Waals surface area (Å²) in [5.74, 6) is -0.206. The third-order valence-corrected chi connectivity index (χ3v) is 4.13. The van der Waals surface area contributed by atoms with E-state index in [4.69, 9.17) is 0 Å². The molecule has 0 spiro atoms. The summed E-state index contributed by atoms with van der Waals surface area (Å²) in [4.78, 5) is 14.8. The lowest BCUT2D eigenvalue weighted by molar-refractivity contribution is -0.137. The second kappa shape index (κ2) is 8.70. The van der Waals surface area contributed by atoms with Crippen LogP contribution in [-0.2, 0) is 17.4 Å². The van der Waals surface area contributed by atoms with E-state index in [0.29, 0.717) is 18.7 Å². The van der Waals surface area contributed by atoms with E-state index in [1.165, 1.54) is 6.07 Å². The van der Waals surface area contributed by atoms with Crippen LogP contribution in [0, 0.1) is 0 Å². The molecule has 0 N–H and O–H groups in total. The van der Waals surface area contributed by atoms with Gasteiger partial charge in [-0.2, -0.15) is 13.2 Å². The number of hydrogen-bond donors (Lipinski definition) is 0. The van der Waals surface area contributed by atoms with Crippen molar-refractivity contribution in [3.8, 4) is 0 Å². The summed E-state index contributed by atoms with van der Waals surface area (Å²) in [5.41, 5.74) is 0.652. The molecule has 0 saturated carbocycles. The highest BCUT2D eigenvalue weighted by molar-refractivity contribution is 6.21. The van der Waals surface area contributed by atoms with Crippen LogP contribution in [0.15, 0.2) is 60.8 Å². The Kier molecular flexibility index (Phi) is 6.61. The van der Waals surface area contributed by atoms with E-state index in [2.05, 4.69) is 0 Å². The van der Waals surface area contributed by atoms with Crippen molar-refractivity contribution in [1.29, 1.82) is 0 Å². The molecule has 2 nitrogen and oxygen atoms in total. The van der Waals surface area contributed by atoms with E-state index in [1.807, 2.05) is 49.1 Å². The molecule has 2 aromatic rings. The lowest BCUT2D eigenvalue weighted by atomic mass is 9.96. The van der Waals surface area contributed by atoms with Crippen LogP contribution in [0.25, 0.3) is 5.57 Å². The van der Waals surface area contributed by atoms with Crippen molar-refractivity contribution >= 4 is 11.4 Å². The highest BCUT2D eigenvalue weighted by Gasteiger charge is 2.31. The number of alkyl halides is 3. The van der Waals surface area contributed by atoms with Crippen LogP contribution < -0.4 is 0 Å². The van der Waals surface area contributed by atoms with Gasteiger partial charge in [-0.15, -0.1) is 0 Å². The second-order valence-corrected chi connectivity index (χ2v) is 5.93. The predicted molar refractivity (Wildman–Crippen MR) is 97.5 cm³/mol. The van der Waals surface area contributed by atoms with E-state index in [1.54, 1.807) is 12.3 Å². The molecule has 0 fully saturated rings. The number of allylic oxidation sites excluding steroid dienone is 1. The number of ketones is 1. The normalized spacial score (nSPS) is 12.1. The zero-order valence-corrected chi connectivity index (χ0v) is 14.9. The van der Waals surface area contributed by atoms with Crippen LogP contribution in [0.3, 0.4) is 0 Å². The van der Waals surface area contributed by atoms with Crippen LogP contribution >= 0.6 is 0 Å². The minimum Gasteiger partial charge on any atom is -0.377 e. The van der Waals surface area contributed by atoms with Gasteiger partial charge in [0.1, 0.15) is 0 Å². The Morgan fingerprint density at radius 3 is 2.23 bits per heavy atom. The number of carbonyl (C=O) groups is 1. The van der Waals surface area contributed by atoms with Gasteiger partial charge >= 0.3 is 6.18 Å². The van der Waals surface area contributed by atoms with Crippen molar-refractivity contribution in [2.24, 2.45) is 0 Å². The first kappa shape index (κ1) is 19.8. The minimum absolute atomic E-state index is 0.143. The monoisotopic (exact) mass is 361 g/mol. The van der Waals surface area contributed by atoms with E-state index in [0.717, 1.165) is 17.7 Å². The van der Waals surface area contributed by atoms with Crippen molar-refractivity contribution in [2.45, 2.75) is 26.4 Å². The Hall–Kier alpha value is -2.56. The molecular weight excluding hydrogens is 339 g/mol. The number of rotatable bonds is 7. The van der Waals surface area contributed by atoms with Crippen molar-refractivity contribution in [3.63, 3.8) is 0 Å². The molecule has 0 radical (unpaired) electrons. The summed E-state index contributed by atoms with van der Waals surface area (Å²) < 4.78 is 39.2. The maximum Gasteiger partial charge on any atom is 0.416 e. The summed E-state index contributed by atoms with van der Waals surface area (Å²) in [5, 5.41) is 0. The standard InChI is InChI=1S/C21H22F3NO/c1-3-25(4-2)15-19(20(26)13-16-9-6-5-7-10-16)17-11-8-12-18(14-17)21(22,23)24/h5-12,14-15H,3-4,13H2,1-2H3/b19-15+. The molecule has 2 rings (SSSR count). The summed E-state index contributed by atoms with van der Waals surface area (Å²) in [7, 11) is 0. The van der Waals surface area contributed by atoms with Crippen LogP contribution in [-0.4, -0.2) is 23.8 Å². The van der Waals surface area contributed by atoms with Crippen molar-refractivity contribution < 1.29 is 18.0 Å². The fourth-order valence-electron chi connectivity index (χ4n) is 2.64. The Morgan fingerprint density at radius 2 is 1.65 bits per heavy atom. The van der Waals surface area contributed by atoms with Gasteiger partial charge in [0.25, 0.3) is 0 Å². The molecule has 5 heteroatoms. The molecule has 0 bridgehead atoms. The molecular formula is C21H22F3NO. The topological polar surface area (TPSA) is 20.3 Å². The van der Waals surface area contributed by atoms with Gasteiger partial charge in [-0.25, -0.2) is 0 Å². The molecule has 0 amide bonds. The molecule has 2 aromatic carbocycles. The average molecular weight is 361 g/mol. The molecule has 0 aromatic heterocycles. The van der Waals surface area contributed by atoms with Crippen molar-refractivity contribution in [1.82, 2.24) is 4.90 Å². The van der Waals surface area contributed by atoms with Gasteiger partial charge in [0.15, 0.2) is 5.78 Å². The molecule has 138 valence electrons. The maximum atomic E-state index is 13.1. The van der Waals surface area contributed by atoms with E-state index in [-0.39, 0.29) is 17.8 Å². The summed E-state index contributed by atoms with van der Waals surface area (Å²) in [6.45, 7) is 5.20. The Morgan fingerprint density at radius 1 is 1.00 bits per heavy atom. The third kappa shape index (κ3) is 5.22. The summed E-state index contributed by atoms with van der Waals surface area (Å²) >= 11 is 0. The van der Waals surface area contributed by atoms with Gasteiger partial charge in [0.2, 0.25) is 0 Å². The Bertz CT molecular complexity index is 762. The van der Waals surface area contributed by atoms with E-state index >= 15 is 0 Å². The molecule has 0 aliphatic heterocycles. The quantitative estimate of drug-likeness (QED) is 0.632. The SMILES string of the molecule is CCN(/C=C(/C(=O)Cc1ccccc1)c1cccc(C(F)(F)F)c1)CC. The van der Waals surface area contributed by atoms with Gasteiger partial charge in [-0.05, 0) is 37.1 Å². The van der Waals surface area contributed by atoms with Crippen LogP contribution in [0.5, 0.6) is 0 Å². The highest BCUT2D eigenvalue weighted by atomic mass is 19.4. The van der Waals surface area contributed by atoms with Crippen molar-refractivity contribution in [2.75, 3.05) is 13.1 Å². The van der Waals surface area contributed by atoms with Gasteiger partial charge in [-0.3, -0.25) is 4.79 Å². The van der Waals surface area contributed by atoms with Gasteiger partial charge < -0.3 is 4.90 Å². The number of benzene rings is 2. The lowest BCUT2D eigenvalue weighted by Crippen LogP contribution is -2.19. The largest absolute Gasteiger partial charge is 0.416 e. The van der Waals surface area contributed by atoms with Crippen molar-refractivity contribution in [3.05, 3.63) is 77.5 Å². The maximum absolute atomic E-state index is 13.1. The van der Waals surface area contributed by atoms with E-state index < -0.39 is 11.7 Å². The number of nitrogens with zero attached hydrogens (tertiary/aromatic N) is 1.